The molecule has 0 spiro atoms. The van der Waals surface area contributed by atoms with Crippen LogP contribution in [0.15, 0.2) is 18.2 Å². The van der Waals surface area contributed by atoms with Crippen molar-refractivity contribution in [1.29, 1.82) is 0 Å². The second-order valence-corrected chi connectivity index (χ2v) is 6.12. The zero-order valence-corrected chi connectivity index (χ0v) is 12.8. The minimum absolute atomic E-state index is 0.0927. The van der Waals surface area contributed by atoms with Gasteiger partial charge < -0.3 is 14.2 Å². The quantitative estimate of drug-likeness (QED) is 0.784. The average molecular weight is 303 g/mol. The molecule has 0 aliphatic heterocycles. The standard InChI is InChI=1S/C13H21NO5S/c1-4-10(9-20(14,15)16)8-19-13-6-11(17-2)5-12(7-13)18-3/h5-7,10H,4,8-9H2,1-3H3,(H2,14,15,16). The van der Waals surface area contributed by atoms with Crippen molar-refractivity contribution in [2.75, 3.05) is 26.6 Å². The number of ether oxygens (including phenoxy) is 3. The third-order valence-electron chi connectivity index (χ3n) is 2.86. The van der Waals surface area contributed by atoms with Gasteiger partial charge in [-0.1, -0.05) is 6.92 Å². The first-order chi connectivity index (χ1) is 9.37. The number of methoxy groups -OCH3 is 2. The van der Waals surface area contributed by atoms with E-state index in [0.717, 1.165) is 0 Å². The Bertz CT molecular complexity index is 507. The van der Waals surface area contributed by atoms with E-state index in [9.17, 15) is 8.42 Å². The van der Waals surface area contributed by atoms with Crippen LogP contribution in [0, 0.1) is 5.92 Å². The summed E-state index contributed by atoms with van der Waals surface area (Å²) in [5.41, 5.74) is 0. The lowest BCUT2D eigenvalue weighted by Gasteiger charge is -2.15. The lowest BCUT2D eigenvalue weighted by Crippen LogP contribution is -2.26. The van der Waals surface area contributed by atoms with Crippen LogP contribution in [-0.2, 0) is 10.0 Å². The highest BCUT2D eigenvalue weighted by Gasteiger charge is 2.15. The highest BCUT2D eigenvalue weighted by atomic mass is 32.2. The van der Waals surface area contributed by atoms with Crippen molar-refractivity contribution in [3.63, 3.8) is 0 Å². The molecule has 114 valence electrons. The Labute approximate surface area is 119 Å². The average Bonchev–Trinajstić information content (AvgIpc) is 2.41. The fourth-order valence-electron chi connectivity index (χ4n) is 1.69. The molecule has 2 N–H and O–H groups in total. The number of nitrogens with two attached hydrogens (primary N) is 1. The van der Waals surface area contributed by atoms with Gasteiger partial charge in [0, 0.05) is 24.1 Å². The molecule has 0 aromatic heterocycles. The van der Waals surface area contributed by atoms with Gasteiger partial charge in [-0.3, -0.25) is 0 Å². The van der Waals surface area contributed by atoms with E-state index in [4.69, 9.17) is 19.3 Å². The molecule has 0 amide bonds. The van der Waals surface area contributed by atoms with Crippen LogP contribution in [0.5, 0.6) is 17.2 Å². The molecule has 0 saturated carbocycles. The van der Waals surface area contributed by atoms with Crippen LogP contribution >= 0.6 is 0 Å². The van der Waals surface area contributed by atoms with Gasteiger partial charge in [-0.15, -0.1) is 0 Å². The van der Waals surface area contributed by atoms with Crippen LogP contribution in [0.4, 0.5) is 0 Å². The topological polar surface area (TPSA) is 87.8 Å². The fraction of sp³-hybridized carbons (Fsp3) is 0.538. The number of rotatable bonds is 8. The van der Waals surface area contributed by atoms with Crippen LogP contribution < -0.4 is 19.3 Å². The van der Waals surface area contributed by atoms with Gasteiger partial charge in [-0.05, 0) is 6.42 Å². The van der Waals surface area contributed by atoms with Gasteiger partial charge >= 0.3 is 0 Å². The SMILES string of the molecule is CCC(COc1cc(OC)cc(OC)c1)CS(N)(=O)=O. The van der Waals surface area contributed by atoms with Crippen LogP contribution in [0.2, 0.25) is 0 Å². The van der Waals surface area contributed by atoms with Crippen molar-refractivity contribution in [1.82, 2.24) is 0 Å². The minimum Gasteiger partial charge on any atom is -0.496 e. The van der Waals surface area contributed by atoms with Crippen molar-refractivity contribution in [3.05, 3.63) is 18.2 Å². The smallest absolute Gasteiger partial charge is 0.209 e. The Hall–Kier alpha value is -1.47. The number of primary sulfonamides is 1. The number of hydrogen-bond donors (Lipinski definition) is 1. The highest BCUT2D eigenvalue weighted by molar-refractivity contribution is 7.89. The molecular formula is C13H21NO5S. The van der Waals surface area contributed by atoms with Crippen LogP contribution in [0.1, 0.15) is 13.3 Å². The molecule has 0 aliphatic carbocycles. The van der Waals surface area contributed by atoms with Gasteiger partial charge in [-0.25, -0.2) is 13.6 Å². The van der Waals surface area contributed by atoms with Gasteiger partial charge in [-0.2, -0.15) is 0 Å². The molecule has 1 aromatic carbocycles. The van der Waals surface area contributed by atoms with E-state index < -0.39 is 10.0 Å². The molecule has 1 unspecified atom stereocenters. The first-order valence-corrected chi connectivity index (χ1v) is 7.95. The third-order valence-corrected chi connectivity index (χ3v) is 3.79. The van der Waals surface area contributed by atoms with E-state index >= 15 is 0 Å². The molecule has 0 aliphatic rings. The molecule has 20 heavy (non-hydrogen) atoms. The second kappa shape index (κ2) is 7.35. The first kappa shape index (κ1) is 16.6. The highest BCUT2D eigenvalue weighted by Crippen LogP contribution is 2.27. The van der Waals surface area contributed by atoms with Gasteiger partial charge in [0.25, 0.3) is 0 Å². The lowest BCUT2D eigenvalue weighted by atomic mass is 10.1. The Morgan fingerprint density at radius 1 is 1.10 bits per heavy atom. The summed E-state index contributed by atoms with van der Waals surface area (Å²) in [7, 11) is -0.395. The van der Waals surface area contributed by atoms with Crippen LogP contribution in [0.25, 0.3) is 0 Å². The van der Waals surface area contributed by atoms with Gasteiger partial charge in [0.05, 0.1) is 26.6 Å². The summed E-state index contributed by atoms with van der Waals surface area (Å²) in [5.74, 6) is 1.54. The molecule has 0 saturated heterocycles. The predicted octanol–water partition coefficient (Wildman–Crippen LogP) is 1.40. The summed E-state index contributed by atoms with van der Waals surface area (Å²) in [6.45, 7) is 2.16. The van der Waals surface area contributed by atoms with Crippen molar-refractivity contribution < 1.29 is 22.6 Å². The fourth-order valence-corrected chi connectivity index (χ4v) is 2.68. The number of sulfonamides is 1. The van der Waals surface area contributed by atoms with Crippen molar-refractivity contribution >= 4 is 10.0 Å². The summed E-state index contributed by atoms with van der Waals surface area (Å²) in [6.07, 6.45) is 0.664. The van der Waals surface area contributed by atoms with Crippen LogP contribution in [-0.4, -0.2) is 35.0 Å². The van der Waals surface area contributed by atoms with E-state index in [-0.39, 0.29) is 18.3 Å². The van der Waals surface area contributed by atoms with E-state index in [1.807, 2.05) is 6.92 Å². The van der Waals surface area contributed by atoms with E-state index in [0.29, 0.717) is 23.7 Å². The maximum absolute atomic E-state index is 11.1. The van der Waals surface area contributed by atoms with Crippen molar-refractivity contribution in [3.8, 4) is 17.2 Å². The zero-order valence-electron chi connectivity index (χ0n) is 12.0. The van der Waals surface area contributed by atoms with Crippen molar-refractivity contribution in [2.24, 2.45) is 11.1 Å². The zero-order chi connectivity index (χ0) is 15.2. The summed E-state index contributed by atoms with van der Waals surface area (Å²) in [6, 6.07) is 5.16. The largest absolute Gasteiger partial charge is 0.496 e. The summed E-state index contributed by atoms with van der Waals surface area (Å²) < 4.78 is 38.1. The summed E-state index contributed by atoms with van der Waals surface area (Å²) in [4.78, 5) is 0. The molecule has 1 rings (SSSR count). The predicted molar refractivity (Wildman–Crippen MR) is 76.8 cm³/mol. The first-order valence-electron chi connectivity index (χ1n) is 6.24. The molecule has 1 aromatic rings. The van der Waals surface area contributed by atoms with E-state index in [2.05, 4.69) is 0 Å². The Morgan fingerprint density at radius 2 is 1.60 bits per heavy atom. The number of hydrogen-bond acceptors (Lipinski definition) is 5. The molecule has 6 nitrogen and oxygen atoms in total. The second-order valence-electron chi connectivity index (χ2n) is 4.46. The monoisotopic (exact) mass is 303 g/mol. The molecule has 0 radical (unpaired) electrons. The third kappa shape index (κ3) is 5.66. The van der Waals surface area contributed by atoms with E-state index in [1.54, 1.807) is 32.4 Å². The molecular weight excluding hydrogens is 282 g/mol. The molecule has 0 heterocycles. The normalized spacial score (nSPS) is 12.8. The maximum atomic E-state index is 11.1. The Kier molecular flexibility index (Phi) is 6.09. The van der Waals surface area contributed by atoms with Crippen molar-refractivity contribution in [2.45, 2.75) is 13.3 Å². The minimum atomic E-state index is -3.49. The molecule has 0 bridgehead atoms. The lowest BCUT2D eigenvalue weighted by molar-refractivity contribution is 0.255. The molecule has 1 atom stereocenters. The van der Waals surface area contributed by atoms with E-state index in [1.165, 1.54) is 0 Å². The molecule has 7 heteroatoms. The number of benzene rings is 1. The van der Waals surface area contributed by atoms with Gasteiger partial charge in [0.15, 0.2) is 0 Å². The molecule has 0 fully saturated rings. The van der Waals surface area contributed by atoms with Gasteiger partial charge in [0.1, 0.15) is 17.2 Å². The summed E-state index contributed by atoms with van der Waals surface area (Å²) >= 11 is 0. The Balaban J connectivity index is 2.72. The van der Waals surface area contributed by atoms with Gasteiger partial charge in [0.2, 0.25) is 10.0 Å². The van der Waals surface area contributed by atoms with Crippen LogP contribution in [0.3, 0.4) is 0 Å². The summed E-state index contributed by atoms with van der Waals surface area (Å²) in [5, 5.41) is 5.05. The maximum Gasteiger partial charge on any atom is 0.209 e. The Morgan fingerprint density at radius 3 is 2.00 bits per heavy atom.